The van der Waals surface area contributed by atoms with Gasteiger partial charge in [0.15, 0.2) is 0 Å². The van der Waals surface area contributed by atoms with Crippen LogP contribution in [0.1, 0.15) is 43.7 Å². The van der Waals surface area contributed by atoms with Crippen LogP contribution in [0.5, 0.6) is 0 Å². The van der Waals surface area contributed by atoms with E-state index >= 15 is 0 Å². The Labute approximate surface area is 277 Å². The number of thiophene rings is 1. The van der Waals surface area contributed by atoms with Gasteiger partial charge in [-0.3, -0.25) is 24.5 Å². The fourth-order valence-electron chi connectivity index (χ4n) is 5.25. The quantitative estimate of drug-likeness (QED) is 0.100. The third-order valence-corrected chi connectivity index (χ3v) is 10.2. The van der Waals surface area contributed by atoms with E-state index in [-0.39, 0.29) is 35.4 Å². The van der Waals surface area contributed by atoms with Crippen LogP contribution in [0, 0.1) is 5.41 Å². The SMILES string of the molecule is CCOC(=O)Cc1cc2c(s1)CCN(C(=O)C(Cc1ccc(NS(=O)(=O)c3ccccc3)cc1)NC(=O)c1ccc(C(=N)N)cc1)C2. The van der Waals surface area contributed by atoms with E-state index < -0.39 is 22.0 Å². The van der Waals surface area contributed by atoms with Gasteiger partial charge in [-0.25, -0.2) is 8.42 Å². The van der Waals surface area contributed by atoms with Crippen molar-refractivity contribution >= 4 is 50.7 Å². The minimum Gasteiger partial charge on any atom is -0.466 e. The maximum Gasteiger partial charge on any atom is 0.311 e. The first-order valence-electron chi connectivity index (χ1n) is 15.0. The highest BCUT2D eigenvalue weighted by Crippen LogP contribution is 2.29. The number of hydrogen-bond donors (Lipinski definition) is 4. The summed E-state index contributed by atoms with van der Waals surface area (Å²) in [6, 6.07) is 21.9. The van der Waals surface area contributed by atoms with Crippen molar-refractivity contribution in [1.29, 1.82) is 5.41 Å². The number of anilines is 1. The van der Waals surface area contributed by atoms with Crippen LogP contribution in [-0.2, 0) is 50.2 Å². The Balaban J connectivity index is 1.33. The van der Waals surface area contributed by atoms with Gasteiger partial charge in [0.05, 0.1) is 17.9 Å². The van der Waals surface area contributed by atoms with E-state index in [2.05, 4.69) is 10.0 Å². The van der Waals surface area contributed by atoms with Crippen molar-refractivity contribution in [2.45, 2.75) is 43.7 Å². The van der Waals surface area contributed by atoms with Crippen LogP contribution < -0.4 is 15.8 Å². The summed E-state index contributed by atoms with van der Waals surface area (Å²) in [6.07, 6.45) is 0.957. The first-order chi connectivity index (χ1) is 22.5. The van der Waals surface area contributed by atoms with Crippen molar-refractivity contribution in [2.75, 3.05) is 17.9 Å². The zero-order chi connectivity index (χ0) is 33.6. The summed E-state index contributed by atoms with van der Waals surface area (Å²) < 4.78 is 33.2. The number of benzene rings is 3. The average Bonchev–Trinajstić information content (AvgIpc) is 3.46. The second-order valence-electron chi connectivity index (χ2n) is 11.0. The first kappa shape index (κ1) is 33.4. The van der Waals surface area contributed by atoms with Crippen molar-refractivity contribution in [2.24, 2.45) is 5.73 Å². The first-order valence-corrected chi connectivity index (χ1v) is 17.3. The second-order valence-corrected chi connectivity index (χ2v) is 13.9. The predicted molar refractivity (Wildman–Crippen MR) is 180 cm³/mol. The van der Waals surface area contributed by atoms with Gasteiger partial charge in [-0.1, -0.05) is 42.5 Å². The molecule has 1 aromatic heterocycles. The highest BCUT2D eigenvalue weighted by Gasteiger charge is 2.30. The van der Waals surface area contributed by atoms with Gasteiger partial charge in [0.2, 0.25) is 5.91 Å². The van der Waals surface area contributed by atoms with Crippen LogP contribution in [-0.4, -0.2) is 56.1 Å². The fraction of sp³-hybridized carbons (Fsp3) is 0.235. The number of carbonyl (C=O) groups is 3. The molecule has 0 saturated carbocycles. The summed E-state index contributed by atoms with van der Waals surface area (Å²) in [5, 5.41) is 10.5. The number of fused-ring (bicyclic) bond motifs is 1. The third-order valence-electron chi connectivity index (χ3n) is 7.61. The zero-order valence-electron chi connectivity index (χ0n) is 25.7. The highest BCUT2D eigenvalue weighted by atomic mass is 32.2. The molecule has 1 aliphatic rings. The molecular weight excluding hydrogens is 639 g/mol. The monoisotopic (exact) mass is 673 g/mol. The maximum atomic E-state index is 14.0. The number of amidine groups is 1. The van der Waals surface area contributed by atoms with Gasteiger partial charge in [0.25, 0.3) is 15.9 Å². The largest absolute Gasteiger partial charge is 0.466 e. The Morgan fingerprint density at radius 3 is 2.34 bits per heavy atom. The summed E-state index contributed by atoms with van der Waals surface area (Å²) in [6.45, 7) is 2.86. The summed E-state index contributed by atoms with van der Waals surface area (Å²) in [5.74, 6) is -1.15. The zero-order valence-corrected chi connectivity index (χ0v) is 27.3. The molecular formula is C34H35N5O6S2. The molecule has 1 atom stereocenters. The van der Waals surface area contributed by atoms with Gasteiger partial charge in [-0.2, -0.15) is 0 Å². The lowest BCUT2D eigenvalue weighted by atomic mass is 10.0. The van der Waals surface area contributed by atoms with Crippen LogP contribution in [0.3, 0.4) is 0 Å². The maximum absolute atomic E-state index is 14.0. The molecule has 5 rings (SSSR count). The molecule has 3 aromatic carbocycles. The standard InChI is InChI=1S/C34H35N5O6S2/c1-2-45-31(40)20-27-19-25-21-39(17-16-30(25)46-27)34(42)29(37-33(41)24-12-10-23(11-13-24)32(35)36)18-22-8-14-26(15-9-22)38-47(43,44)28-6-4-3-5-7-28/h3-15,19,29,38H,2,16-18,20-21H2,1H3,(H3,35,36)(H,37,41). The molecule has 4 aromatic rings. The van der Waals surface area contributed by atoms with E-state index in [4.69, 9.17) is 15.9 Å². The molecule has 47 heavy (non-hydrogen) atoms. The molecule has 13 heteroatoms. The Kier molecular flexibility index (Phi) is 10.4. The molecule has 244 valence electrons. The fourth-order valence-corrected chi connectivity index (χ4v) is 7.48. The van der Waals surface area contributed by atoms with Crippen LogP contribution in [0.2, 0.25) is 0 Å². The smallest absolute Gasteiger partial charge is 0.311 e. The summed E-state index contributed by atoms with van der Waals surface area (Å²) in [5.41, 5.74) is 8.36. The van der Waals surface area contributed by atoms with Crippen LogP contribution in [0.25, 0.3) is 0 Å². The van der Waals surface area contributed by atoms with E-state index in [9.17, 15) is 22.8 Å². The molecule has 11 nitrogen and oxygen atoms in total. The number of nitrogens with one attached hydrogen (secondary N) is 3. The number of nitrogens with zero attached hydrogens (tertiary/aromatic N) is 1. The molecule has 0 bridgehead atoms. The number of nitrogen functional groups attached to an aromatic ring is 1. The van der Waals surface area contributed by atoms with Crippen LogP contribution in [0.4, 0.5) is 5.69 Å². The molecule has 1 aliphatic heterocycles. The summed E-state index contributed by atoms with van der Waals surface area (Å²) in [4.78, 5) is 43.2. The number of sulfonamides is 1. The third kappa shape index (κ3) is 8.43. The van der Waals surface area contributed by atoms with Crippen molar-refractivity contribution < 1.29 is 27.5 Å². The van der Waals surface area contributed by atoms with Crippen molar-refractivity contribution in [1.82, 2.24) is 10.2 Å². The minimum absolute atomic E-state index is 0.122. The van der Waals surface area contributed by atoms with Crippen molar-refractivity contribution in [3.63, 3.8) is 0 Å². The molecule has 5 N–H and O–H groups in total. The van der Waals surface area contributed by atoms with E-state index in [1.54, 1.807) is 89.9 Å². The van der Waals surface area contributed by atoms with Crippen LogP contribution in [0.15, 0.2) is 89.8 Å². The Morgan fingerprint density at radius 2 is 1.68 bits per heavy atom. The minimum atomic E-state index is -3.78. The van der Waals surface area contributed by atoms with Crippen molar-refractivity contribution in [3.05, 3.63) is 117 Å². The van der Waals surface area contributed by atoms with E-state index in [0.29, 0.717) is 48.5 Å². The van der Waals surface area contributed by atoms with Crippen molar-refractivity contribution in [3.8, 4) is 0 Å². The topological polar surface area (TPSA) is 172 Å². The van der Waals surface area contributed by atoms with E-state index in [1.807, 2.05) is 6.07 Å². The average molecular weight is 674 g/mol. The van der Waals surface area contributed by atoms with Gasteiger partial charge < -0.3 is 20.7 Å². The normalized spacial score (nSPS) is 13.3. The molecule has 2 amide bonds. The number of rotatable bonds is 12. The number of nitrogens with two attached hydrogens (primary N) is 1. The molecule has 0 fully saturated rings. The van der Waals surface area contributed by atoms with E-state index in [0.717, 1.165) is 15.3 Å². The summed E-state index contributed by atoms with van der Waals surface area (Å²) in [7, 11) is -3.78. The lowest BCUT2D eigenvalue weighted by Gasteiger charge is -2.31. The number of amides is 2. The molecule has 1 unspecified atom stereocenters. The van der Waals surface area contributed by atoms with Gasteiger partial charge in [-0.05, 0) is 66.9 Å². The number of ether oxygens (including phenoxy) is 1. The van der Waals surface area contributed by atoms with Gasteiger partial charge in [0, 0.05) is 46.1 Å². The Hall–Kier alpha value is -5.01. The molecule has 0 spiro atoms. The van der Waals surface area contributed by atoms with E-state index in [1.165, 1.54) is 12.1 Å². The number of carbonyl (C=O) groups excluding carboxylic acids is 3. The number of esters is 1. The Morgan fingerprint density at radius 1 is 1.00 bits per heavy atom. The summed E-state index contributed by atoms with van der Waals surface area (Å²) >= 11 is 1.55. The molecule has 0 saturated heterocycles. The van der Waals surface area contributed by atoms with Crippen LogP contribution >= 0.6 is 11.3 Å². The Bertz CT molecular complexity index is 1870. The second kappa shape index (κ2) is 14.6. The predicted octanol–water partition coefficient (Wildman–Crippen LogP) is 3.86. The molecule has 2 heterocycles. The molecule has 0 radical (unpaired) electrons. The van der Waals surface area contributed by atoms with Gasteiger partial charge in [0.1, 0.15) is 11.9 Å². The highest BCUT2D eigenvalue weighted by molar-refractivity contribution is 7.92. The lowest BCUT2D eigenvalue weighted by Crippen LogP contribution is -2.50. The lowest BCUT2D eigenvalue weighted by molar-refractivity contribution is -0.142. The van der Waals surface area contributed by atoms with Gasteiger partial charge in [-0.15, -0.1) is 11.3 Å². The number of hydrogen-bond acceptors (Lipinski definition) is 8. The van der Waals surface area contributed by atoms with Gasteiger partial charge >= 0.3 is 5.97 Å². The molecule has 0 aliphatic carbocycles.